The fourth-order valence-corrected chi connectivity index (χ4v) is 6.04. The van der Waals surface area contributed by atoms with Gasteiger partial charge in [-0.05, 0) is 37.5 Å². The predicted octanol–water partition coefficient (Wildman–Crippen LogP) is 6.38. The van der Waals surface area contributed by atoms with Crippen LogP contribution in [-0.4, -0.2) is 101 Å². The summed E-state index contributed by atoms with van der Waals surface area (Å²) in [7, 11) is 3.27. The molecule has 1 atom stereocenters. The lowest BCUT2D eigenvalue weighted by atomic mass is 10.1. The molecule has 49 heavy (non-hydrogen) atoms. The van der Waals surface area contributed by atoms with Crippen molar-refractivity contribution >= 4 is 33.4 Å². The highest BCUT2D eigenvalue weighted by atomic mass is 33.1. The molecular formula is C37H62N2O8S2. The van der Waals surface area contributed by atoms with Gasteiger partial charge in [0.15, 0.2) is 4.93 Å². The summed E-state index contributed by atoms with van der Waals surface area (Å²) in [5.41, 5.74) is 0.492. The highest BCUT2D eigenvalue weighted by Gasteiger charge is 2.30. The number of unbranched alkanes of at least 4 members (excludes halogenated alkanes) is 1. The van der Waals surface area contributed by atoms with E-state index in [1.807, 2.05) is 26.8 Å². The number of amides is 2. The van der Waals surface area contributed by atoms with Gasteiger partial charge in [0, 0.05) is 29.4 Å². The summed E-state index contributed by atoms with van der Waals surface area (Å²) in [6, 6.07) is 7.06. The van der Waals surface area contributed by atoms with Gasteiger partial charge < -0.3 is 39.1 Å². The van der Waals surface area contributed by atoms with E-state index in [2.05, 4.69) is 57.1 Å². The van der Waals surface area contributed by atoms with Gasteiger partial charge in [-0.2, -0.15) is 0 Å². The van der Waals surface area contributed by atoms with Crippen molar-refractivity contribution in [2.24, 2.45) is 11.8 Å². The topological polar surface area (TPSA) is 114 Å². The molecule has 0 heterocycles. The van der Waals surface area contributed by atoms with E-state index in [0.717, 1.165) is 18.9 Å². The standard InChI is InChI=1S/C37H62N2O8S2/c1-30(2)13-9-10-19-42-21-23-44-24-22-43-20-18-39-35(41)32-15-11-16-33(27-32)46-29-37(8,49-48-36(5,6)7)47-26-25-45-28-34(40)38-17-12-14-31(3)4/h11,15-16,27,30-31H,9-10,13,17-26,28-29H2,1-8H3,(H,38,40)(H,39,41). The number of rotatable bonds is 27. The molecule has 0 spiro atoms. The van der Waals surface area contributed by atoms with Crippen molar-refractivity contribution in [1.82, 2.24) is 10.6 Å². The van der Waals surface area contributed by atoms with Gasteiger partial charge >= 0.3 is 0 Å². The number of hydrogen-bond donors (Lipinski definition) is 2. The second kappa shape index (κ2) is 26.8. The molecule has 280 valence electrons. The van der Waals surface area contributed by atoms with Gasteiger partial charge in [0.05, 0.1) is 52.8 Å². The Morgan fingerprint density at radius 3 is 2.16 bits per heavy atom. The lowest BCUT2D eigenvalue weighted by Crippen LogP contribution is -2.34. The normalized spacial score (nSPS) is 12.8. The van der Waals surface area contributed by atoms with Gasteiger partial charge in [-0.3, -0.25) is 9.59 Å². The van der Waals surface area contributed by atoms with Crippen LogP contribution in [0.15, 0.2) is 24.3 Å². The molecule has 0 aliphatic carbocycles. The third kappa shape index (κ3) is 26.5. The van der Waals surface area contributed by atoms with Gasteiger partial charge in [-0.25, -0.2) is 0 Å². The summed E-state index contributed by atoms with van der Waals surface area (Å²) >= 11 is 0. The van der Waals surface area contributed by atoms with Crippen LogP contribution in [0.25, 0.3) is 0 Å². The monoisotopic (exact) mass is 726 g/mol. The summed E-state index contributed by atoms with van der Waals surface area (Å²) in [4.78, 5) is 24.0. The molecule has 1 aromatic carbocycles. The van der Waals surface area contributed by atoms with Gasteiger partial charge in [0.1, 0.15) is 19.0 Å². The summed E-state index contributed by atoms with van der Waals surface area (Å²) < 4.78 is 34.5. The molecule has 0 aliphatic heterocycles. The minimum atomic E-state index is -0.713. The van der Waals surface area contributed by atoms with Crippen LogP contribution in [-0.2, 0) is 28.5 Å². The number of nitrogens with one attached hydrogen (secondary N) is 2. The fraction of sp³-hybridized carbons (Fsp3) is 0.730. The molecular weight excluding hydrogens is 665 g/mol. The molecule has 1 aromatic rings. The highest BCUT2D eigenvalue weighted by molar-refractivity contribution is 8.77. The molecule has 0 fully saturated rings. The van der Waals surface area contributed by atoms with E-state index in [1.54, 1.807) is 39.8 Å². The summed E-state index contributed by atoms with van der Waals surface area (Å²) in [6.45, 7) is 21.5. The van der Waals surface area contributed by atoms with Crippen LogP contribution >= 0.6 is 21.6 Å². The molecule has 0 bridgehead atoms. The first-order chi connectivity index (χ1) is 23.3. The molecule has 10 nitrogen and oxygen atoms in total. The number of carbonyl (C=O) groups excluding carboxylic acids is 2. The molecule has 0 aliphatic rings. The van der Waals surface area contributed by atoms with Crippen molar-refractivity contribution in [2.75, 3.05) is 79.2 Å². The van der Waals surface area contributed by atoms with Gasteiger partial charge in [0.2, 0.25) is 5.91 Å². The molecule has 0 aromatic heterocycles. The molecule has 0 saturated carbocycles. The smallest absolute Gasteiger partial charge is 0.251 e. The Balaban J connectivity index is 2.38. The van der Waals surface area contributed by atoms with Crippen LogP contribution in [0.3, 0.4) is 0 Å². The van der Waals surface area contributed by atoms with Crippen molar-refractivity contribution in [3.63, 3.8) is 0 Å². The van der Waals surface area contributed by atoms with E-state index in [-0.39, 0.29) is 48.9 Å². The first kappa shape index (κ1) is 45.0. The zero-order valence-electron chi connectivity index (χ0n) is 31.2. The van der Waals surface area contributed by atoms with Crippen LogP contribution < -0.4 is 15.4 Å². The van der Waals surface area contributed by atoms with Gasteiger partial charge in [-0.15, -0.1) is 0 Å². The number of ether oxygens (including phenoxy) is 6. The quantitative estimate of drug-likeness (QED) is 0.0459. The maximum Gasteiger partial charge on any atom is 0.251 e. The Kier molecular flexibility index (Phi) is 24.6. The van der Waals surface area contributed by atoms with E-state index in [1.165, 1.54) is 12.8 Å². The first-order valence-corrected chi connectivity index (χ1v) is 19.5. The largest absolute Gasteiger partial charge is 0.490 e. The molecule has 0 saturated heterocycles. The Bertz CT molecular complexity index is 1100. The average Bonchev–Trinajstić information content (AvgIpc) is 3.04. The van der Waals surface area contributed by atoms with Crippen molar-refractivity contribution in [3.05, 3.63) is 29.8 Å². The Morgan fingerprint density at radius 1 is 0.816 bits per heavy atom. The van der Waals surface area contributed by atoms with Crippen molar-refractivity contribution in [1.29, 1.82) is 0 Å². The van der Waals surface area contributed by atoms with E-state index >= 15 is 0 Å². The Labute approximate surface area is 303 Å². The molecule has 1 unspecified atom stereocenters. The maximum atomic E-state index is 12.8. The van der Waals surface area contributed by atoms with Crippen molar-refractivity contribution < 1.29 is 38.0 Å². The summed E-state index contributed by atoms with van der Waals surface area (Å²) in [6.07, 6.45) is 3.53. The maximum absolute atomic E-state index is 12.8. The molecule has 1 rings (SSSR count). The third-order valence-corrected chi connectivity index (χ3v) is 10.3. The van der Waals surface area contributed by atoms with Crippen LogP contribution in [0.1, 0.15) is 85.0 Å². The second-order valence-corrected chi connectivity index (χ2v) is 16.8. The van der Waals surface area contributed by atoms with Crippen molar-refractivity contribution in [2.45, 2.75) is 84.3 Å². The SMILES string of the molecule is CC(C)C#CCNC(=O)COCCOC(C)(COc1cccc(C(=O)NCCOCCOCCOCCCCC(C)C)c1)SSC(C)(C)C. The van der Waals surface area contributed by atoms with Crippen LogP contribution in [0.5, 0.6) is 5.75 Å². The lowest BCUT2D eigenvalue weighted by molar-refractivity contribution is -0.126. The van der Waals surface area contributed by atoms with Crippen LogP contribution in [0, 0.1) is 23.7 Å². The molecule has 2 amide bonds. The molecule has 12 heteroatoms. The second-order valence-electron chi connectivity index (χ2n) is 13.4. The summed E-state index contributed by atoms with van der Waals surface area (Å²) in [5, 5.41) is 5.60. The zero-order valence-corrected chi connectivity index (χ0v) is 32.8. The minimum Gasteiger partial charge on any atom is -0.490 e. The van der Waals surface area contributed by atoms with E-state index in [0.29, 0.717) is 57.4 Å². The zero-order chi connectivity index (χ0) is 36.4. The van der Waals surface area contributed by atoms with E-state index < -0.39 is 4.93 Å². The average molecular weight is 727 g/mol. The lowest BCUT2D eigenvalue weighted by Gasteiger charge is -2.31. The van der Waals surface area contributed by atoms with Gasteiger partial charge in [-0.1, -0.05) is 101 Å². The third-order valence-electron chi connectivity index (χ3n) is 6.29. The Hall–Kier alpha value is -1.98. The van der Waals surface area contributed by atoms with Crippen LogP contribution in [0.2, 0.25) is 0 Å². The molecule has 2 N–H and O–H groups in total. The fourth-order valence-electron chi connectivity index (χ4n) is 3.81. The first-order valence-electron chi connectivity index (χ1n) is 17.4. The molecule has 0 radical (unpaired) electrons. The number of hydrogen-bond acceptors (Lipinski definition) is 10. The Morgan fingerprint density at radius 2 is 1.49 bits per heavy atom. The van der Waals surface area contributed by atoms with E-state index in [9.17, 15) is 9.59 Å². The predicted molar refractivity (Wildman–Crippen MR) is 201 cm³/mol. The number of carbonyl (C=O) groups is 2. The van der Waals surface area contributed by atoms with Crippen LogP contribution in [0.4, 0.5) is 0 Å². The van der Waals surface area contributed by atoms with Gasteiger partial charge in [0.25, 0.3) is 5.91 Å². The van der Waals surface area contributed by atoms with E-state index in [4.69, 9.17) is 28.4 Å². The van der Waals surface area contributed by atoms with Crippen molar-refractivity contribution in [3.8, 4) is 17.6 Å². The summed E-state index contributed by atoms with van der Waals surface area (Å²) in [5.74, 6) is 7.05. The highest BCUT2D eigenvalue weighted by Crippen LogP contribution is 2.44. The number of benzene rings is 1. The minimum absolute atomic E-state index is 0.00156.